The lowest BCUT2D eigenvalue weighted by Gasteiger charge is -2.28. The van der Waals surface area contributed by atoms with Gasteiger partial charge in [0.2, 0.25) is 5.91 Å². The first-order chi connectivity index (χ1) is 14.0. The van der Waals surface area contributed by atoms with Crippen LogP contribution in [-0.2, 0) is 9.59 Å². The Kier molecular flexibility index (Phi) is 6.12. The molecule has 0 spiro atoms. The quantitative estimate of drug-likeness (QED) is 0.404. The fourth-order valence-electron chi connectivity index (χ4n) is 2.71. The molecular formula is C19H19N3O7. The lowest BCUT2D eigenvalue weighted by molar-refractivity contribution is -0.384. The van der Waals surface area contributed by atoms with Crippen LogP contribution in [0.2, 0.25) is 0 Å². The van der Waals surface area contributed by atoms with E-state index in [-0.39, 0.29) is 37.7 Å². The van der Waals surface area contributed by atoms with E-state index in [9.17, 15) is 19.7 Å². The van der Waals surface area contributed by atoms with Gasteiger partial charge < -0.3 is 19.5 Å². The van der Waals surface area contributed by atoms with Gasteiger partial charge in [-0.15, -0.1) is 0 Å². The molecule has 29 heavy (non-hydrogen) atoms. The van der Waals surface area contributed by atoms with E-state index in [2.05, 4.69) is 5.32 Å². The van der Waals surface area contributed by atoms with Gasteiger partial charge in [0.1, 0.15) is 30.4 Å². The number of amides is 2. The van der Waals surface area contributed by atoms with Gasteiger partial charge in [0.15, 0.2) is 6.61 Å². The van der Waals surface area contributed by atoms with Crippen LogP contribution in [0.25, 0.3) is 0 Å². The molecule has 1 aliphatic rings. The molecule has 0 aromatic heterocycles. The van der Waals surface area contributed by atoms with Crippen LogP contribution in [0.1, 0.15) is 0 Å². The summed E-state index contributed by atoms with van der Waals surface area (Å²) < 4.78 is 15.9. The smallest absolute Gasteiger partial charge is 0.271 e. The van der Waals surface area contributed by atoms with E-state index in [1.54, 1.807) is 31.4 Å². The van der Waals surface area contributed by atoms with E-state index in [0.717, 1.165) is 0 Å². The summed E-state index contributed by atoms with van der Waals surface area (Å²) in [5.41, 5.74) is 0.000401. The third-order valence-electron chi connectivity index (χ3n) is 4.15. The molecule has 1 N–H and O–H groups in total. The number of nitrogens with one attached hydrogen (secondary N) is 1. The lowest BCUT2D eigenvalue weighted by atomic mass is 10.2. The fourth-order valence-corrected chi connectivity index (χ4v) is 2.71. The SMILES string of the molecule is COc1ccc(OCCNC(=O)CN2C(=O)COc3ccc([N+](=O)[O-])cc32)cc1. The third kappa shape index (κ3) is 4.92. The maximum Gasteiger partial charge on any atom is 0.271 e. The van der Waals surface area contributed by atoms with Crippen molar-refractivity contribution < 1.29 is 28.7 Å². The summed E-state index contributed by atoms with van der Waals surface area (Å²) in [6.45, 7) is -0.0556. The van der Waals surface area contributed by atoms with Crippen molar-refractivity contribution in [2.24, 2.45) is 0 Å². The van der Waals surface area contributed by atoms with Crippen LogP contribution in [0, 0.1) is 10.1 Å². The van der Waals surface area contributed by atoms with Crippen molar-refractivity contribution in [2.75, 3.05) is 38.3 Å². The molecule has 0 bridgehead atoms. The van der Waals surface area contributed by atoms with Gasteiger partial charge in [-0.2, -0.15) is 0 Å². The van der Waals surface area contributed by atoms with Crippen LogP contribution >= 0.6 is 0 Å². The van der Waals surface area contributed by atoms with Gasteiger partial charge >= 0.3 is 0 Å². The number of carbonyl (C=O) groups excluding carboxylic acids is 2. The topological polar surface area (TPSA) is 120 Å². The number of benzene rings is 2. The number of anilines is 1. The van der Waals surface area contributed by atoms with E-state index in [1.807, 2.05) is 0 Å². The Bertz CT molecular complexity index is 915. The maximum absolute atomic E-state index is 12.2. The van der Waals surface area contributed by atoms with Crippen LogP contribution in [0.4, 0.5) is 11.4 Å². The monoisotopic (exact) mass is 401 g/mol. The number of rotatable bonds is 8. The number of carbonyl (C=O) groups is 2. The molecule has 0 atom stereocenters. The van der Waals surface area contributed by atoms with E-state index >= 15 is 0 Å². The van der Waals surface area contributed by atoms with Gasteiger partial charge in [-0.1, -0.05) is 0 Å². The molecule has 0 aliphatic carbocycles. The normalized spacial score (nSPS) is 12.6. The van der Waals surface area contributed by atoms with Crippen molar-refractivity contribution in [1.82, 2.24) is 5.32 Å². The molecule has 1 heterocycles. The van der Waals surface area contributed by atoms with Gasteiger partial charge in [0.05, 0.1) is 24.3 Å². The number of nitrogens with zero attached hydrogens (tertiary/aromatic N) is 2. The molecule has 0 saturated carbocycles. The third-order valence-corrected chi connectivity index (χ3v) is 4.15. The molecule has 0 saturated heterocycles. The van der Waals surface area contributed by atoms with Crippen molar-refractivity contribution >= 4 is 23.2 Å². The summed E-state index contributed by atoms with van der Waals surface area (Å²) in [6.07, 6.45) is 0. The average Bonchev–Trinajstić information content (AvgIpc) is 2.73. The van der Waals surface area contributed by atoms with E-state index in [4.69, 9.17) is 14.2 Å². The summed E-state index contributed by atoms with van der Waals surface area (Å²) in [5, 5.41) is 13.6. The van der Waals surface area contributed by atoms with Gasteiger partial charge in [0, 0.05) is 12.1 Å². The zero-order valence-corrected chi connectivity index (χ0v) is 15.6. The van der Waals surface area contributed by atoms with Crippen LogP contribution < -0.4 is 24.4 Å². The summed E-state index contributed by atoms with van der Waals surface area (Å²) in [4.78, 5) is 36.0. The summed E-state index contributed by atoms with van der Waals surface area (Å²) >= 11 is 0. The highest BCUT2D eigenvalue weighted by molar-refractivity contribution is 6.02. The predicted octanol–water partition coefficient (Wildman–Crippen LogP) is 1.52. The summed E-state index contributed by atoms with van der Waals surface area (Å²) in [5.74, 6) is 0.774. The van der Waals surface area contributed by atoms with E-state index in [1.165, 1.54) is 23.1 Å². The maximum atomic E-state index is 12.2. The lowest BCUT2D eigenvalue weighted by Crippen LogP contribution is -2.45. The van der Waals surface area contributed by atoms with Crippen LogP contribution in [0.5, 0.6) is 17.2 Å². The molecule has 10 nitrogen and oxygen atoms in total. The summed E-state index contributed by atoms with van der Waals surface area (Å²) in [6, 6.07) is 10.9. The minimum atomic E-state index is -0.575. The molecule has 2 aromatic rings. The van der Waals surface area contributed by atoms with Crippen molar-refractivity contribution in [2.45, 2.75) is 0 Å². The van der Waals surface area contributed by atoms with Gasteiger partial charge in [0.25, 0.3) is 11.6 Å². The van der Waals surface area contributed by atoms with E-state index in [0.29, 0.717) is 17.2 Å². The molecule has 0 fully saturated rings. The van der Waals surface area contributed by atoms with Crippen LogP contribution in [0.3, 0.4) is 0 Å². The first-order valence-electron chi connectivity index (χ1n) is 8.73. The number of methoxy groups -OCH3 is 1. The van der Waals surface area contributed by atoms with Crippen molar-refractivity contribution in [3.63, 3.8) is 0 Å². The number of hydrogen-bond acceptors (Lipinski definition) is 7. The number of fused-ring (bicyclic) bond motifs is 1. The number of nitro benzene ring substituents is 1. The van der Waals surface area contributed by atoms with Gasteiger partial charge in [-0.25, -0.2) is 0 Å². The number of nitro groups is 1. The summed E-state index contributed by atoms with van der Waals surface area (Å²) in [7, 11) is 1.57. The molecule has 2 aromatic carbocycles. The highest BCUT2D eigenvalue weighted by atomic mass is 16.6. The molecular weight excluding hydrogens is 382 g/mol. The second kappa shape index (κ2) is 8.91. The first-order valence-corrected chi connectivity index (χ1v) is 8.73. The second-order valence-electron chi connectivity index (χ2n) is 6.05. The average molecular weight is 401 g/mol. The molecule has 10 heteroatoms. The molecule has 2 amide bonds. The van der Waals surface area contributed by atoms with Crippen molar-refractivity contribution in [3.05, 3.63) is 52.6 Å². The molecule has 3 rings (SSSR count). The van der Waals surface area contributed by atoms with Gasteiger partial charge in [-0.3, -0.25) is 24.6 Å². The van der Waals surface area contributed by atoms with Crippen molar-refractivity contribution in [3.8, 4) is 17.2 Å². The Hall–Kier alpha value is -3.82. The van der Waals surface area contributed by atoms with Crippen LogP contribution in [-0.4, -0.2) is 50.2 Å². The Balaban J connectivity index is 1.54. The van der Waals surface area contributed by atoms with Crippen LogP contribution in [0.15, 0.2) is 42.5 Å². The first kappa shape index (κ1) is 19.9. The molecule has 0 radical (unpaired) electrons. The standard InChI is InChI=1S/C19H19N3O7/c1-27-14-3-5-15(6-4-14)28-9-8-20-18(23)11-21-16-10-13(22(25)26)2-7-17(16)29-12-19(21)24/h2-7,10H,8-9,11-12H2,1H3,(H,20,23). The zero-order chi connectivity index (χ0) is 20.8. The van der Waals surface area contributed by atoms with Crippen molar-refractivity contribution in [1.29, 1.82) is 0 Å². The highest BCUT2D eigenvalue weighted by Crippen LogP contribution is 2.35. The fraction of sp³-hybridized carbons (Fsp3) is 0.263. The minimum absolute atomic E-state index is 0.194. The largest absolute Gasteiger partial charge is 0.497 e. The molecule has 0 unspecified atom stereocenters. The Morgan fingerprint density at radius 1 is 1.24 bits per heavy atom. The minimum Gasteiger partial charge on any atom is -0.497 e. The molecule has 1 aliphatic heterocycles. The number of hydrogen-bond donors (Lipinski definition) is 1. The Labute approximate surface area is 166 Å². The second-order valence-corrected chi connectivity index (χ2v) is 6.05. The van der Waals surface area contributed by atoms with E-state index < -0.39 is 16.7 Å². The highest BCUT2D eigenvalue weighted by Gasteiger charge is 2.29. The molecule has 152 valence electrons. The predicted molar refractivity (Wildman–Crippen MR) is 102 cm³/mol. The van der Waals surface area contributed by atoms with Gasteiger partial charge in [-0.05, 0) is 30.3 Å². The number of non-ortho nitro benzene ring substituents is 1. The Morgan fingerprint density at radius 3 is 2.66 bits per heavy atom. The number of ether oxygens (including phenoxy) is 3. The zero-order valence-electron chi connectivity index (χ0n) is 15.6. The Morgan fingerprint density at radius 2 is 1.97 bits per heavy atom.